The molecule has 0 saturated carbocycles. The van der Waals surface area contributed by atoms with Gasteiger partial charge in [0.05, 0.1) is 0 Å². The van der Waals surface area contributed by atoms with Crippen LogP contribution in [0.1, 0.15) is 37.3 Å². The van der Waals surface area contributed by atoms with E-state index >= 15 is 0 Å². The maximum absolute atomic E-state index is 11.8. The Labute approximate surface area is 128 Å². The minimum absolute atomic E-state index is 0.0396. The number of benzene rings is 1. The van der Waals surface area contributed by atoms with Crippen LogP contribution in [0.15, 0.2) is 24.3 Å². The molecule has 2 rings (SSSR count). The number of anilines is 1. The van der Waals surface area contributed by atoms with E-state index in [2.05, 4.69) is 22.4 Å². The molecule has 2 aromatic rings. The summed E-state index contributed by atoms with van der Waals surface area (Å²) in [5.41, 5.74) is 1.24. The average molecular weight is 305 g/mol. The van der Waals surface area contributed by atoms with E-state index < -0.39 is 0 Å². The Morgan fingerprint density at radius 1 is 1.29 bits per heavy atom. The summed E-state index contributed by atoms with van der Waals surface area (Å²) < 4.78 is 5.44. The highest BCUT2D eigenvalue weighted by Gasteiger charge is 2.10. The van der Waals surface area contributed by atoms with E-state index in [0.717, 1.165) is 11.4 Å². The minimum atomic E-state index is -0.235. The van der Waals surface area contributed by atoms with Crippen molar-refractivity contribution in [3.05, 3.63) is 34.8 Å². The number of hydrogen-bond donors (Lipinski definition) is 1. The molecule has 1 aromatic carbocycles. The highest BCUT2D eigenvalue weighted by molar-refractivity contribution is 7.15. The van der Waals surface area contributed by atoms with Crippen molar-refractivity contribution in [1.29, 1.82) is 0 Å². The topological polar surface area (TPSA) is 64.1 Å². The maximum Gasteiger partial charge on any atom is 0.264 e. The van der Waals surface area contributed by atoms with E-state index in [1.54, 1.807) is 0 Å². The van der Waals surface area contributed by atoms with Gasteiger partial charge in [0, 0.05) is 5.92 Å². The summed E-state index contributed by atoms with van der Waals surface area (Å²) in [6.07, 6.45) is 0.982. The molecule has 21 heavy (non-hydrogen) atoms. The third kappa shape index (κ3) is 4.53. The van der Waals surface area contributed by atoms with Gasteiger partial charge in [-0.3, -0.25) is 10.1 Å². The molecule has 0 atom stereocenters. The number of amides is 1. The number of ether oxygens (including phenoxy) is 1. The van der Waals surface area contributed by atoms with Gasteiger partial charge >= 0.3 is 0 Å². The van der Waals surface area contributed by atoms with Gasteiger partial charge in [0.1, 0.15) is 10.8 Å². The van der Waals surface area contributed by atoms with Crippen LogP contribution in [-0.2, 0) is 11.2 Å². The van der Waals surface area contributed by atoms with Crippen molar-refractivity contribution >= 4 is 22.4 Å². The third-order valence-electron chi connectivity index (χ3n) is 2.88. The van der Waals surface area contributed by atoms with Crippen molar-refractivity contribution in [2.45, 2.75) is 33.1 Å². The van der Waals surface area contributed by atoms with Gasteiger partial charge < -0.3 is 4.74 Å². The summed E-state index contributed by atoms with van der Waals surface area (Å²) in [7, 11) is 0. The lowest BCUT2D eigenvalue weighted by Crippen LogP contribution is -2.20. The normalized spacial score (nSPS) is 10.7. The highest BCUT2D eigenvalue weighted by atomic mass is 32.1. The van der Waals surface area contributed by atoms with Gasteiger partial charge in [0.15, 0.2) is 6.61 Å². The molecule has 0 unspecified atom stereocenters. The Balaban J connectivity index is 1.83. The molecule has 0 spiro atoms. The van der Waals surface area contributed by atoms with E-state index in [-0.39, 0.29) is 12.5 Å². The number of carbonyl (C=O) groups excluding carboxylic acids is 1. The number of hydrogen-bond acceptors (Lipinski definition) is 5. The number of rotatable bonds is 6. The smallest absolute Gasteiger partial charge is 0.264 e. The first-order valence-electron chi connectivity index (χ1n) is 6.93. The predicted octanol–water partition coefficient (Wildman–Crippen LogP) is 3.24. The summed E-state index contributed by atoms with van der Waals surface area (Å²) in [5, 5.41) is 12.1. The van der Waals surface area contributed by atoms with Crippen LogP contribution >= 0.6 is 11.3 Å². The van der Waals surface area contributed by atoms with Crippen LogP contribution in [0.4, 0.5) is 5.13 Å². The van der Waals surface area contributed by atoms with Gasteiger partial charge in [0.25, 0.3) is 5.91 Å². The Morgan fingerprint density at radius 3 is 2.57 bits per heavy atom. The largest absolute Gasteiger partial charge is 0.484 e. The second kappa shape index (κ2) is 7.17. The van der Waals surface area contributed by atoms with Gasteiger partial charge in [0.2, 0.25) is 5.13 Å². The van der Waals surface area contributed by atoms with Gasteiger partial charge in [-0.1, -0.05) is 44.2 Å². The molecule has 0 fully saturated rings. The van der Waals surface area contributed by atoms with Crippen molar-refractivity contribution in [3.8, 4) is 5.75 Å². The Morgan fingerprint density at radius 2 is 2.00 bits per heavy atom. The zero-order chi connectivity index (χ0) is 15.2. The SMILES string of the molecule is CCc1ccc(OCC(=O)Nc2nnc(C(C)C)s2)cc1. The van der Waals surface area contributed by atoms with Crippen LogP contribution in [0.3, 0.4) is 0 Å². The molecular weight excluding hydrogens is 286 g/mol. The van der Waals surface area contributed by atoms with E-state index in [0.29, 0.717) is 16.8 Å². The number of carbonyl (C=O) groups is 1. The molecule has 0 aliphatic rings. The lowest BCUT2D eigenvalue weighted by molar-refractivity contribution is -0.118. The van der Waals surface area contributed by atoms with E-state index in [1.807, 2.05) is 38.1 Å². The monoisotopic (exact) mass is 305 g/mol. The molecule has 1 heterocycles. The average Bonchev–Trinajstić information content (AvgIpc) is 2.94. The molecule has 1 N–H and O–H groups in total. The highest BCUT2D eigenvalue weighted by Crippen LogP contribution is 2.22. The molecule has 6 heteroatoms. The maximum atomic E-state index is 11.8. The molecular formula is C15H19N3O2S. The summed E-state index contributed by atoms with van der Waals surface area (Å²) in [6, 6.07) is 7.72. The fourth-order valence-corrected chi connectivity index (χ4v) is 2.41. The Kier molecular flexibility index (Phi) is 5.27. The standard InChI is InChI=1S/C15H19N3O2S/c1-4-11-5-7-12(8-6-11)20-9-13(19)16-15-18-17-14(21-15)10(2)3/h5-8,10H,4,9H2,1-3H3,(H,16,18,19). The number of nitrogens with one attached hydrogen (secondary N) is 1. The predicted molar refractivity (Wildman–Crippen MR) is 83.9 cm³/mol. The van der Waals surface area contributed by atoms with Gasteiger partial charge in [-0.2, -0.15) is 0 Å². The van der Waals surface area contributed by atoms with Gasteiger partial charge in [-0.05, 0) is 24.1 Å². The number of aryl methyl sites for hydroxylation is 1. The second-order valence-corrected chi connectivity index (χ2v) is 5.94. The number of nitrogens with zero attached hydrogens (tertiary/aromatic N) is 2. The zero-order valence-corrected chi connectivity index (χ0v) is 13.2. The summed E-state index contributed by atoms with van der Waals surface area (Å²) in [4.78, 5) is 11.8. The van der Waals surface area contributed by atoms with E-state index in [1.165, 1.54) is 16.9 Å². The lowest BCUT2D eigenvalue weighted by atomic mass is 10.2. The van der Waals surface area contributed by atoms with Crippen LogP contribution in [0.5, 0.6) is 5.75 Å². The third-order valence-corrected chi connectivity index (χ3v) is 4.02. The molecule has 1 aromatic heterocycles. The molecule has 1 amide bonds. The van der Waals surface area contributed by atoms with Gasteiger partial charge in [-0.25, -0.2) is 0 Å². The summed E-state index contributed by atoms with van der Waals surface area (Å²) >= 11 is 1.39. The minimum Gasteiger partial charge on any atom is -0.484 e. The van der Waals surface area contributed by atoms with E-state index in [9.17, 15) is 4.79 Å². The van der Waals surface area contributed by atoms with Crippen molar-refractivity contribution in [1.82, 2.24) is 10.2 Å². The first kappa shape index (κ1) is 15.4. The summed E-state index contributed by atoms with van der Waals surface area (Å²) in [6.45, 7) is 6.13. The molecule has 112 valence electrons. The van der Waals surface area contributed by atoms with Crippen LogP contribution in [-0.4, -0.2) is 22.7 Å². The van der Waals surface area contributed by atoms with Gasteiger partial charge in [-0.15, -0.1) is 10.2 Å². The quantitative estimate of drug-likeness (QED) is 0.890. The van der Waals surface area contributed by atoms with Crippen molar-refractivity contribution in [3.63, 3.8) is 0 Å². The fourth-order valence-electron chi connectivity index (χ4n) is 1.64. The van der Waals surface area contributed by atoms with Crippen LogP contribution in [0.2, 0.25) is 0 Å². The van der Waals surface area contributed by atoms with E-state index in [4.69, 9.17) is 4.74 Å². The van der Waals surface area contributed by atoms with Crippen molar-refractivity contribution < 1.29 is 9.53 Å². The first-order valence-corrected chi connectivity index (χ1v) is 7.75. The number of aromatic nitrogens is 2. The molecule has 5 nitrogen and oxygen atoms in total. The Bertz CT molecular complexity index is 593. The molecule has 0 radical (unpaired) electrons. The Hall–Kier alpha value is -1.95. The van der Waals surface area contributed by atoms with Crippen molar-refractivity contribution in [2.75, 3.05) is 11.9 Å². The molecule has 0 aliphatic carbocycles. The zero-order valence-electron chi connectivity index (χ0n) is 12.4. The fraction of sp³-hybridized carbons (Fsp3) is 0.400. The van der Waals surface area contributed by atoms with Crippen LogP contribution < -0.4 is 10.1 Å². The van der Waals surface area contributed by atoms with Crippen molar-refractivity contribution in [2.24, 2.45) is 0 Å². The van der Waals surface area contributed by atoms with Crippen LogP contribution in [0.25, 0.3) is 0 Å². The van der Waals surface area contributed by atoms with Crippen LogP contribution in [0, 0.1) is 0 Å². The second-order valence-electron chi connectivity index (χ2n) is 4.93. The lowest BCUT2D eigenvalue weighted by Gasteiger charge is -2.06. The molecule has 0 saturated heterocycles. The molecule has 0 bridgehead atoms. The molecule has 0 aliphatic heterocycles. The first-order chi connectivity index (χ1) is 10.1. The summed E-state index contributed by atoms with van der Waals surface area (Å²) in [5.74, 6) is 0.755.